The maximum atomic E-state index is 14.6. The second-order valence-corrected chi connectivity index (χ2v) is 15.2. The number of nitrogens with one attached hydrogen (secondary N) is 2. The van der Waals surface area contributed by atoms with Crippen LogP contribution in [0.4, 0.5) is 5.69 Å². The molecule has 0 spiro atoms. The first-order valence-electron chi connectivity index (χ1n) is 17.9. The number of carbonyl (C=O) groups is 2. The average molecular weight is 683 g/mol. The summed E-state index contributed by atoms with van der Waals surface area (Å²) in [5, 5.41) is 12.9. The number of para-hydroxylation sites is 1. The van der Waals surface area contributed by atoms with Crippen LogP contribution in [0.5, 0.6) is 0 Å². The van der Waals surface area contributed by atoms with Gasteiger partial charge in [0.15, 0.2) is 16.7 Å². The molecule has 10 rings (SSSR count). The summed E-state index contributed by atoms with van der Waals surface area (Å²) in [6, 6.07) is 4.86. The van der Waals surface area contributed by atoms with Crippen LogP contribution in [-0.4, -0.2) is 85.2 Å². The number of pyridine rings is 1. The van der Waals surface area contributed by atoms with E-state index in [2.05, 4.69) is 29.0 Å². The predicted molar refractivity (Wildman–Crippen MR) is 185 cm³/mol. The molecule has 0 radical (unpaired) electrons. The second kappa shape index (κ2) is 11.1. The molecule has 5 fully saturated rings. The Morgan fingerprint density at radius 1 is 1.10 bits per heavy atom. The van der Waals surface area contributed by atoms with E-state index in [-0.39, 0.29) is 46.9 Å². The molecule has 2 bridgehead atoms. The van der Waals surface area contributed by atoms with Gasteiger partial charge in [0.1, 0.15) is 12.2 Å². The predicted octanol–water partition coefficient (Wildman–Crippen LogP) is 3.04. The maximum Gasteiger partial charge on any atom is 0.417 e. The average Bonchev–Trinajstić information content (AvgIpc) is 3.67. The number of fused-ring (bicyclic) bond motifs is 3. The number of oxazole rings is 1. The van der Waals surface area contributed by atoms with Crippen LogP contribution in [0.15, 0.2) is 38.3 Å². The van der Waals surface area contributed by atoms with Gasteiger partial charge in [-0.1, -0.05) is 26.8 Å². The summed E-state index contributed by atoms with van der Waals surface area (Å²) in [5.41, 5.74) is 3.89. The normalized spacial score (nSPS) is 27.1. The second-order valence-electron chi connectivity index (χ2n) is 15.2. The molecule has 0 unspecified atom stereocenters. The third kappa shape index (κ3) is 4.56. The number of hydrogen-bond acceptors (Lipinski definition) is 9. The molecular weight excluding hydrogens is 640 g/mol. The molecule has 3 aromatic heterocycles. The minimum atomic E-state index is -0.604. The highest BCUT2D eigenvalue weighted by Gasteiger charge is 2.69. The van der Waals surface area contributed by atoms with E-state index in [4.69, 9.17) is 19.4 Å². The van der Waals surface area contributed by atoms with E-state index in [1.54, 1.807) is 18.2 Å². The molecule has 2 N–H and O–H groups in total. The molecule has 5 heterocycles. The third-order valence-electron chi connectivity index (χ3n) is 12.2. The van der Waals surface area contributed by atoms with Gasteiger partial charge >= 0.3 is 5.76 Å². The number of carbonyl (C=O) groups excluding carboxylic acids is 2. The van der Waals surface area contributed by atoms with Crippen LogP contribution >= 0.6 is 0 Å². The van der Waals surface area contributed by atoms with Crippen LogP contribution in [0.25, 0.3) is 28.0 Å². The number of benzene rings is 1. The van der Waals surface area contributed by atoms with Crippen molar-refractivity contribution in [3.05, 3.63) is 56.3 Å². The summed E-state index contributed by atoms with van der Waals surface area (Å²) in [7, 11) is 0. The number of piperazine rings is 1. The van der Waals surface area contributed by atoms with Crippen LogP contribution < -0.4 is 21.4 Å². The molecule has 1 saturated heterocycles. The van der Waals surface area contributed by atoms with Crippen LogP contribution in [0, 0.1) is 11.3 Å². The smallest absolute Gasteiger partial charge is 0.408 e. The standard InChI is InChI=1S/C36H42N8O6/c1-4-23-30(41-12-13-42(25-9-8-24(25)41)33(47)22-6-5-7-26-28(22)37-34(48)50-26)31(46)29-32(40-44(39-29)21-10-14-49-15-11-21)43(23)16-27(45)38-36-17-35(18-36,19-36)20(2)3/h5-7,10,20,24-25H,4,8-9,11-19H2,1-3H3,(H,37,48)(H,38,45)/t24-,25-,35?,36?/m0/s1. The zero-order valence-corrected chi connectivity index (χ0v) is 28.7. The molecule has 4 aromatic rings. The Labute approximate surface area is 287 Å². The molecular formula is C36H42N8O6. The third-order valence-corrected chi connectivity index (χ3v) is 12.2. The monoisotopic (exact) mass is 682 g/mol. The number of rotatable bonds is 8. The Morgan fingerprint density at radius 3 is 2.60 bits per heavy atom. The van der Waals surface area contributed by atoms with Gasteiger partial charge in [-0.15, -0.1) is 10.2 Å². The molecule has 4 aliphatic carbocycles. The fourth-order valence-corrected chi connectivity index (χ4v) is 9.44. The van der Waals surface area contributed by atoms with Crippen molar-refractivity contribution in [1.82, 2.24) is 34.8 Å². The number of nitrogens with zero attached hydrogens (tertiary/aromatic N) is 6. The van der Waals surface area contributed by atoms with Crippen molar-refractivity contribution in [3.8, 4) is 0 Å². The molecule has 50 heavy (non-hydrogen) atoms. The SMILES string of the molecule is CCc1c(N2CCN(C(=O)c3cccc4oc(=O)[nH]c34)[C@H]3CC[C@@H]32)c(=O)c2nn(C3=CCOCC3)nc2n1CC(=O)NC12CC(C(C)C)(C1)C2. The van der Waals surface area contributed by atoms with E-state index in [1.165, 1.54) is 4.80 Å². The van der Waals surface area contributed by atoms with Gasteiger partial charge in [-0.3, -0.25) is 19.4 Å². The fourth-order valence-electron chi connectivity index (χ4n) is 9.44. The molecule has 262 valence electrons. The highest BCUT2D eigenvalue weighted by Crippen LogP contribution is 2.70. The summed E-state index contributed by atoms with van der Waals surface area (Å²) >= 11 is 0. The minimum Gasteiger partial charge on any atom is -0.408 e. The van der Waals surface area contributed by atoms with Crippen molar-refractivity contribution in [3.63, 3.8) is 0 Å². The van der Waals surface area contributed by atoms with Gasteiger partial charge in [-0.25, -0.2) is 4.79 Å². The summed E-state index contributed by atoms with van der Waals surface area (Å²) in [6.07, 6.45) is 7.68. The zero-order chi connectivity index (χ0) is 34.5. The Bertz CT molecular complexity index is 2200. The number of anilines is 1. The molecule has 2 amide bonds. The highest BCUT2D eigenvalue weighted by atomic mass is 16.5. The van der Waals surface area contributed by atoms with Gasteiger partial charge in [0.05, 0.1) is 36.0 Å². The van der Waals surface area contributed by atoms with Gasteiger partial charge in [-0.2, -0.15) is 4.80 Å². The fraction of sp³-hybridized carbons (Fsp3) is 0.556. The first-order chi connectivity index (χ1) is 24.1. The quantitative estimate of drug-likeness (QED) is 0.285. The van der Waals surface area contributed by atoms with Crippen LogP contribution in [0.3, 0.4) is 0 Å². The number of hydrogen-bond donors (Lipinski definition) is 2. The Morgan fingerprint density at radius 2 is 1.90 bits per heavy atom. The van der Waals surface area contributed by atoms with Gasteiger partial charge < -0.3 is 28.8 Å². The van der Waals surface area contributed by atoms with Crippen molar-refractivity contribution < 1.29 is 18.7 Å². The number of H-pyrrole nitrogens is 1. The summed E-state index contributed by atoms with van der Waals surface area (Å²) in [6.45, 7) is 8.37. The van der Waals surface area contributed by atoms with E-state index in [0.29, 0.717) is 78.5 Å². The van der Waals surface area contributed by atoms with Gasteiger partial charge in [0.2, 0.25) is 11.3 Å². The van der Waals surface area contributed by atoms with Gasteiger partial charge in [0.25, 0.3) is 5.91 Å². The van der Waals surface area contributed by atoms with Gasteiger partial charge in [-0.05, 0) is 68.1 Å². The van der Waals surface area contributed by atoms with Crippen LogP contribution in [-0.2, 0) is 22.5 Å². The van der Waals surface area contributed by atoms with Crippen LogP contribution in [0.1, 0.15) is 75.3 Å². The first-order valence-corrected chi connectivity index (χ1v) is 17.9. The van der Waals surface area contributed by atoms with Gasteiger partial charge in [0, 0.05) is 36.8 Å². The van der Waals surface area contributed by atoms with E-state index in [1.807, 2.05) is 22.5 Å². The number of amides is 2. The number of aromatic amines is 1. The van der Waals surface area contributed by atoms with Crippen molar-refractivity contribution in [1.29, 1.82) is 0 Å². The maximum absolute atomic E-state index is 14.6. The molecule has 14 nitrogen and oxygen atoms in total. The highest BCUT2D eigenvalue weighted by molar-refractivity contribution is 6.04. The van der Waals surface area contributed by atoms with Crippen molar-refractivity contribution >= 4 is 45.5 Å². The summed E-state index contributed by atoms with van der Waals surface area (Å²) < 4.78 is 12.6. The Balaban J connectivity index is 1.07. The first kappa shape index (κ1) is 31.3. The lowest BCUT2D eigenvalue weighted by atomic mass is 9.36. The van der Waals surface area contributed by atoms with E-state index < -0.39 is 5.76 Å². The number of ether oxygens (including phenoxy) is 1. The lowest BCUT2D eigenvalue weighted by Crippen LogP contribution is -2.76. The van der Waals surface area contributed by atoms with Crippen molar-refractivity contribution in [2.75, 3.05) is 31.2 Å². The zero-order valence-electron chi connectivity index (χ0n) is 28.7. The van der Waals surface area contributed by atoms with Crippen LogP contribution in [0.2, 0.25) is 0 Å². The van der Waals surface area contributed by atoms with E-state index >= 15 is 0 Å². The molecule has 1 aromatic carbocycles. The largest absolute Gasteiger partial charge is 0.417 e. The summed E-state index contributed by atoms with van der Waals surface area (Å²) in [5.74, 6) is -0.274. The molecule has 2 atom stereocenters. The molecule has 2 aliphatic heterocycles. The van der Waals surface area contributed by atoms with Crippen molar-refractivity contribution in [2.45, 2.75) is 89.9 Å². The van der Waals surface area contributed by atoms with E-state index in [0.717, 1.165) is 43.5 Å². The van der Waals surface area contributed by atoms with E-state index in [9.17, 15) is 19.2 Å². The Kier molecular flexibility index (Phi) is 6.97. The van der Waals surface area contributed by atoms with Crippen molar-refractivity contribution in [2.24, 2.45) is 11.3 Å². The number of aromatic nitrogens is 5. The molecule has 14 heteroatoms. The topological polar surface area (TPSA) is 161 Å². The molecule has 4 saturated carbocycles. The Hall–Kier alpha value is -4.72. The summed E-state index contributed by atoms with van der Waals surface area (Å²) in [4.78, 5) is 62.4. The lowest BCUT2D eigenvalue weighted by Gasteiger charge is -2.72. The lowest BCUT2D eigenvalue weighted by molar-refractivity contribution is -0.187. The minimum absolute atomic E-state index is 0.0314. The molecule has 6 aliphatic rings.